The first kappa shape index (κ1) is 14.2. The number of piperidine rings is 1. The number of hydrogen-bond donors (Lipinski definition) is 1. The second-order valence-corrected chi connectivity index (χ2v) is 5.74. The Labute approximate surface area is 120 Å². The Morgan fingerprint density at radius 3 is 2.84 bits per heavy atom. The Morgan fingerprint density at radius 1 is 1.58 bits per heavy atom. The molecular formula is C13H17BrFN3O. The van der Waals surface area contributed by atoms with E-state index in [1.807, 2.05) is 4.90 Å². The predicted octanol–water partition coefficient (Wildman–Crippen LogP) is 2.34. The topological polar surface area (TPSA) is 45.2 Å². The van der Waals surface area contributed by atoms with Crippen molar-refractivity contribution in [3.05, 3.63) is 22.6 Å². The highest BCUT2D eigenvalue weighted by molar-refractivity contribution is 9.10. The van der Waals surface area contributed by atoms with Crippen LogP contribution in [0.15, 0.2) is 16.7 Å². The standard InChI is InChI=1S/C13H17BrFN3O/c1-9(19)16-7-10-2-4-18(5-3-10)13-12(15)6-11(14)8-17-13/h6,8,10H,2-5,7H2,1H3,(H,16,19). The zero-order valence-corrected chi connectivity index (χ0v) is 12.4. The van der Waals surface area contributed by atoms with Gasteiger partial charge in [0.2, 0.25) is 5.91 Å². The van der Waals surface area contributed by atoms with E-state index in [1.165, 1.54) is 13.0 Å². The van der Waals surface area contributed by atoms with Crippen LogP contribution in [0.25, 0.3) is 0 Å². The lowest BCUT2D eigenvalue weighted by molar-refractivity contribution is -0.119. The molecule has 1 aromatic rings. The lowest BCUT2D eigenvalue weighted by Gasteiger charge is -2.32. The molecule has 0 unspecified atom stereocenters. The van der Waals surface area contributed by atoms with E-state index in [1.54, 1.807) is 6.20 Å². The SMILES string of the molecule is CC(=O)NCC1CCN(c2ncc(Br)cc2F)CC1. The van der Waals surface area contributed by atoms with Crippen molar-refractivity contribution in [2.45, 2.75) is 19.8 Å². The number of carbonyl (C=O) groups excluding carboxylic acids is 1. The van der Waals surface area contributed by atoms with Gasteiger partial charge in [-0.15, -0.1) is 0 Å². The minimum atomic E-state index is -0.297. The molecule has 1 fully saturated rings. The highest BCUT2D eigenvalue weighted by Gasteiger charge is 2.22. The summed E-state index contributed by atoms with van der Waals surface area (Å²) >= 11 is 3.20. The average molecular weight is 330 g/mol. The maximum Gasteiger partial charge on any atom is 0.216 e. The van der Waals surface area contributed by atoms with Crippen LogP contribution in [-0.4, -0.2) is 30.5 Å². The molecule has 1 aliphatic heterocycles. The van der Waals surface area contributed by atoms with Crippen molar-refractivity contribution in [1.29, 1.82) is 0 Å². The van der Waals surface area contributed by atoms with Crippen LogP contribution in [0.3, 0.4) is 0 Å². The molecule has 0 atom stereocenters. The molecule has 0 spiro atoms. The van der Waals surface area contributed by atoms with Crippen LogP contribution in [-0.2, 0) is 4.79 Å². The third-order valence-corrected chi connectivity index (χ3v) is 3.78. The van der Waals surface area contributed by atoms with E-state index in [2.05, 4.69) is 26.2 Å². The van der Waals surface area contributed by atoms with Gasteiger partial charge in [-0.25, -0.2) is 9.37 Å². The van der Waals surface area contributed by atoms with Gasteiger partial charge in [0.15, 0.2) is 11.6 Å². The van der Waals surface area contributed by atoms with E-state index >= 15 is 0 Å². The first-order valence-electron chi connectivity index (χ1n) is 6.36. The summed E-state index contributed by atoms with van der Waals surface area (Å²) in [5.74, 6) is 0.595. The van der Waals surface area contributed by atoms with Crippen molar-refractivity contribution in [3.63, 3.8) is 0 Å². The minimum Gasteiger partial charge on any atom is -0.356 e. The molecule has 6 heteroatoms. The molecule has 19 heavy (non-hydrogen) atoms. The summed E-state index contributed by atoms with van der Waals surface area (Å²) in [6, 6.07) is 1.44. The van der Waals surface area contributed by atoms with Gasteiger partial charge in [0, 0.05) is 37.2 Å². The molecule has 0 aliphatic carbocycles. The Morgan fingerprint density at radius 2 is 2.26 bits per heavy atom. The van der Waals surface area contributed by atoms with Crippen molar-refractivity contribution in [2.24, 2.45) is 5.92 Å². The largest absolute Gasteiger partial charge is 0.356 e. The molecule has 0 bridgehead atoms. The third kappa shape index (κ3) is 3.89. The fourth-order valence-electron chi connectivity index (χ4n) is 2.28. The van der Waals surface area contributed by atoms with Gasteiger partial charge in [-0.2, -0.15) is 0 Å². The van der Waals surface area contributed by atoms with Gasteiger partial charge in [-0.3, -0.25) is 4.79 Å². The van der Waals surface area contributed by atoms with E-state index in [0.717, 1.165) is 25.9 Å². The summed E-state index contributed by atoms with van der Waals surface area (Å²) in [5.41, 5.74) is 0. The molecule has 4 nitrogen and oxygen atoms in total. The summed E-state index contributed by atoms with van der Waals surface area (Å²) in [7, 11) is 0. The van der Waals surface area contributed by atoms with Crippen molar-refractivity contribution in [1.82, 2.24) is 10.3 Å². The maximum atomic E-state index is 13.8. The van der Waals surface area contributed by atoms with Gasteiger partial charge in [0.25, 0.3) is 0 Å². The molecule has 1 amide bonds. The van der Waals surface area contributed by atoms with Gasteiger partial charge < -0.3 is 10.2 Å². The summed E-state index contributed by atoms with van der Waals surface area (Å²) in [4.78, 5) is 17.0. The van der Waals surface area contributed by atoms with Crippen molar-refractivity contribution >= 4 is 27.7 Å². The molecule has 2 rings (SSSR count). The number of anilines is 1. The Balaban J connectivity index is 1.90. The molecule has 0 radical (unpaired) electrons. The molecule has 1 N–H and O–H groups in total. The predicted molar refractivity (Wildman–Crippen MR) is 75.5 cm³/mol. The fourth-order valence-corrected chi connectivity index (χ4v) is 2.58. The molecular weight excluding hydrogens is 313 g/mol. The van der Waals surface area contributed by atoms with E-state index in [4.69, 9.17) is 0 Å². The Bertz CT molecular complexity index is 461. The molecule has 0 aromatic carbocycles. The van der Waals surface area contributed by atoms with Gasteiger partial charge in [0.05, 0.1) is 0 Å². The first-order valence-corrected chi connectivity index (χ1v) is 7.16. The fraction of sp³-hybridized carbons (Fsp3) is 0.538. The van der Waals surface area contributed by atoms with Crippen LogP contribution in [0, 0.1) is 11.7 Å². The van der Waals surface area contributed by atoms with E-state index in [-0.39, 0.29) is 11.7 Å². The lowest BCUT2D eigenvalue weighted by atomic mass is 9.97. The number of hydrogen-bond acceptors (Lipinski definition) is 3. The summed E-state index contributed by atoms with van der Waals surface area (Å²) in [5, 5.41) is 2.84. The molecule has 2 heterocycles. The van der Waals surface area contributed by atoms with Crippen LogP contribution >= 0.6 is 15.9 Å². The molecule has 0 saturated carbocycles. The number of halogens is 2. The highest BCUT2D eigenvalue weighted by atomic mass is 79.9. The summed E-state index contributed by atoms with van der Waals surface area (Å²) in [6.45, 7) is 3.78. The number of nitrogens with one attached hydrogen (secondary N) is 1. The van der Waals surface area contributed by atoms with Crippen molar-refractivity contribution < 1.29 is 9.18 Å². The Hall–Kier alpha value is -1.17. The van der Waals surface area contributed by atoms with Crippen LogP contribution in [0.4, 0.5) is 10.2 Å². The highest BCUT2D eigenvalue weighted by Crippen LogP contribution is 2.25. The van der Waals surface area contributed by atoms with Crippen molar-refractivity contribution in [3.8, 4) is 0 Å². The van der Waals surface area contributed by atoms with E-state index < -0.39 is 0 Å². The van der Waals surface area contributed by atoms with Crippen LogP contribution in [0.2, 0.25) is 0 Å². The van der Waals surface area contributed by atoms with Crippen LogP contribution in [0.5, 0.6) is 0 Å². The van der Waals surface area contributed by atoms with E-state index in [9.17, 15) is 9.18 Å². The van der Waals surface area contributed by atoms with Gasteiger partial charge in [-0.05, 0) is 40.8 Å². The van der Waals surface area contributed by atoms with Gasteiger partial charge in [-0.1, -0.05) is 0 Å². The number of rotatable bonds is 3. The third-order valence-electron chi connectivity index (χ3n) is 3.34. The number of pyridine rings is 1. The first-order chi connectivity index (χ1) is 9.06. The second kappa shape index (κ2) is 6.32. The number of carbonyl (C=O) groups is 1. The molecule has 1 aromatic heterocycles. The normalized spacial score (nSPS) is 16.5. The van der Waals surface area contributed by atoms with Gasteiger partial charge >= 0.3 is 0 Å². The van der Waals surface area contributed by atoms with Crippen LogP contribution in [0.1, 0.15) is 19.8 Å². The molecule has 1 aliphatic rings. The van der Waals surface area contributed by atoms with Crippen molar-refractivity contribution in [2.75, 3.05) is 24.5 Å². The smallest absolute Gasteiger partial charge is 0.216 e. The van der Waals surface area contributed by atoms with E-state index in [0.29, 0.717) is 22.8 Å². The zero-order chi connectivity index (χ0) is 13.8. The quantitative estimate of drug-likeness (QED) is 0.925. The lowest BCUT2D eigenvalue weighted by Crippen LogP contribution is -2.38. The number of nitrogens with zero attached hydrogens (tertiary/aromatic N) is 2. The second-order valence-electron chi connectivity index (χ2n) is 4.83. The number of aromatic nitrogens is 1. The molecule has 1 saturated heterocycles. The Kier molecular flexibility index (Phi) is 4.74. The number of amides is 1. The van der Waals surface area contributed by atoms with Gasteiger partial charge in [0.1, 0.15) is 0 Å². The monoisotopic (exact) mass is 329 g/mol. The zero-order valence-electron chi connectivity index (χ0n) is 10.8. The van der Waals surface area contributed by atoms with Crippen LogP contribution < -0.4 is 10.2 Å². The maximum absolute atomic E-state index is 13.8. The molecule has 104 valence electrons. The minimum absolute atomic E-state index is 0.00282. The summed E-state index contributed by atoms with van der Waals surface area (Å²) < 4.78 is 14.4. The average Bonchev–Trinajstić information content (AvgIpc) is 2.37. The summed E-state index contributed by atoms with van der Waals surface area (Å²) in [6.07, 6.45) is 3.50.